The number of amides is 3. The molecule has 3 unspecified atom stereocenters. The summed E-state index contributed by atoms with van der Waals surface area (Å²) in [6.07, 6.45) is 12.8. The SMILES string of the molecule is C#Cc1c(F)ccc2cc(OCOC)cc(-c3ncc4c(N5CC6CCC(C5)N6)nc(OC[C@@H]5CCCN5CCCC5CCC(=O)N5[C@H](C(=O)N5C[C@H](O)C[C@H]5C(=O)N[C@@H](C)c5ccc(-c6scnc6C)cc5)C(C)(C)C)nc4c3F)c12. The number of likely N-dealkylation sites (tertiary alicyclic amines) is 3. The van der Waals surface area contributed by atoms with E-state index in [9.17, 15) is 19.5 Å². The molecule has 5 fully saturated rings. The summed E-state index contributed by atoms with van der Waals surface area (Å²) in [6, 6.07) is 12.3. The van der Waals surface area contributed by atoms with E-state index in [1.807, 2.05) is 64.4 Å². The van der Waals surface area contributed by atoms with Gasteiger partial charge in [-0.2, -0.15) is 9.97 Å². The van der Waals surface area contributed by atoms with Gasteiger partial charge in [0.25, 0.3) is 0 Å². The number of nitrogens with zero attached hydrogens (tertiary/aromatic N) is 8. The number of β-amino-alcohol motifs (C(OH)–C–C–N with tert-alkyl or cyclic N) is 1. The van der Waals surface area contributed by atoms with Crippen LogP contribution in [-0.2, 0) is 19.1 Å². The maximum absolute atomic E-state index is 17.5. The van der Waals surface area contributed by atoms with Crippen LogP contribution in [0, 0.1) is 36.3 Å². The molecule has 2 bridgehead atoms. The molecular formula is C62H72F2N10O7S. The highest BCUT2D eigenvalue weighted by molar-refractivity contribution is 7.13. The van der Waals surface area contributed by atoms with Crippen molar-refractivity contribution in [3.8, 4) is 45.8 Å². The monoisotopic (exact) mass is 1140 g/mol. The molecule has 8 atom stereocenters. The van der Waals surface area contributed by atoms with Crippen LogP contribution in [0.5, 0.6) is 11.8 Å². The lowest BCUT2D eigenvalue weighted by Crippen LogP contribution is -2.59. The first-order valence-electron chi connectivity index (χ1n) is 28.7. The van der Waals surface area contributed by atoms with E-state index in [1.165, 1.54) is 18.1 Å². The van der Waals surface area contributed by atoms with Gasteiger partial charge in [-0.15, -0.1) is 17.8 Å². The van der Waals surface area contributed by atoms with E-state index in [2.05, 4.69) is 36.3 Å². The lowest BCUT2D eigenvalue weighted by molar-refractivity contribution is -0.152. The second kappa shape index (κ2) is 23.8. The molecule has 5 aliphatic heterocycles. The molecule has 20 heteroatoms. The predicted octanol–water partition coefficient (Wildman–Crippen LogP) is 8.33. The molecular weight excluding hydrogens is 1070 g/mol. The van der Waals surface area contributed by atoms with Gasteiger partial charge in [-0.1, -0.05) is 57.0 Å². The fourth-order valence-electron chi connectivity index (χ4n) is 13.2. The van der Waals surface area contributed by atoms with Crippen LogP contribution in [0.2, 0.25) is 0 Å². The van der Waals surface area contributed by atoms with Crippen LogP contribution >= 0.6 is 11.3 Å². The van der Waals surface area contributed by atoms with Gasteiger partial charge in [0.05, 0.1) is 39.2 Å². The van der Waals surface area contributed by atoms with Crippen molar-refractivity contribution < 1.29 is 42.5 Å². The summed E-state index contributed by atoms with van der Waals surface area (Å²) in [5, 5.41) is 19.0. The van der Waals surface area contributed by atoms with Crippen molar-refractivity contribution in [3.05, 3.63) is 88.7 Å². The Kier molecular flexibility index (Phi) is 16.5. The van der Waals surface area contributed by atoms with Crippen LogP contribution in [0.3, 0.4) is 0 Å². The normalized spacial score (nSPS) is 22.8. The molecule has 0 saturated carbocycles. The van der Waals surface area contributed by atoms with Crippen LogP contribution in [0.15, 0.2) is 60.2 Å². The van der Waals surface area contributed by atoms with Gasteiger partial charge in [-0.05, 0) is 112 Å². The molecule has 3 aromatic carbocycles. The summed E-state index contributed by atoms with van der Waals surface area (Å²) in [4.78, 5) is 70.7. The summed E-state index contributed by atoms with van der Waals surface area (Å²) in [5.74, 6) is 1.19. The molecule has 0 spiro atoms. The van der Waals surface area contributed by atoms with Gasteiger partial charge in [0, 0.05) is 80.9 Å². The second-order valence-electron chi connectivity index (χ2n) is 23.8. The number of aliphatic hydroxyl groups excluding tert-OH is 1. The summed E-state index contributed by atoms with van der Waals surface area (Å²) in [5.41, 5.74) is 4.16. The number of aryl methyl sites for hydroxylation is 1. The van der Waals surface area contributed by atoms with Crippen molar-refractivity contribution in [2.75, 3.05) is 58.1 Å². The Hall–Kier alpha value is -6.89. The number of halogens is 2. The molecule has 82 heavy (non-hydrogen) atoms. The highest BCUT2D eigenvalue weighted by atomic mass is 32.1. The molecule has 5 saturated heterocycles. The Morgan fingerprint density at radius 3 is 2.50 bits per heavy atom. The number of fused-ring (bicyclic) bond motifs is 4. The highest BCUT2D eigenvalue weighted by Gasteiger charge is 2.50. The molecule has 3 amide bonds. The third-order valence-electron chi connectivity index (χ3n) is 17.2. The molecule has 432 valence electrons. The van der Waals surface area contributed by atoms with Gasteiger partial charge < -0.3 is 44.7 Å². The molecule has 3 aromatic heterocycles. The van der Waals surface area contributed by atoms with Crippen LogP contribution in [0.25, 0.3) is 43.4 Å². The molecule has 0 aliphatic carbocycles. The average molecular weight is 1140 g/mol. The number of nitrogens with one attached hydrogen (secondary N) is 2. The average Bonchev–Trinajstić information content (AvgIpc) is 2.23. The number of aliphatic hydroxyl groups is 1. The number of hydrogen-bond donors (Lipinski definition) is 3. The quantitative estimate of drug-likeness (QED) is 0.0551. The Morgan fingerprint density at radius 1 is 1.00 bits per heavy atom. The summed E-state index contributed by atoms with van der Waals surface area (Å²) < 4.78 is 50.4. The number of methoxy groups -OCH3 is 1. The largest absolute Gasteiger partial charge is 0.468 e. The molecule has 8 heterocycles. The minimum atomic E-state index is -0.906. The second-order valence-corrected chi connectivity index (χ2v) is 24.7. The Bertz CT molecular complexity index is 3410. The maximum atomic E-state index is 17.5. The van der Waals surface area contributed by atoms with Crippen molar-refractivity contribution in [1.82, 2.24) is 45.3 Å². The van der Waals surface area contributed by atoms with Gasteiger partial charge in [-0.25, -0.2) is 13.8 Å². The van der Waals surface area contributed by atoms with E-state index >= 15 is 8.78 Å². The van der Waals surface area contributed by atoms with Gasteiger partial charge in [-0.3, -0.25) is 24.3 Å². The van der Waals surface area contributed by atoms with Crippen LogP contribution in [0.4, 0.5) is 14.6 Å². The Labute approximate surface area is 481 Å². The van der Waals surface area contributed by atoms with Crippen molar-refractivity contribution in [2.24, 2.45) is 5.41 Å². The van der Waals surface area contributed by atoms with E-state index in [0.717, 1.165) is 60.3 Å². The highest BCUT2D eigenvalue weighted by Crippen LogP contribution is 2.41. The molecule has 17 nitrogen and oxygen atoms in total. The maximum Gasteiger partial charge on any atom is 0.319 e. The number of carbonyl (C=O) groups is 3. The third-order valence-corrected chi connectivity index (χ3v) is 18.2. The van der Waals surface area contributed by atoms with E-state index < -0.39 is 35.2 Å². The molecule has 3 N–H and O–H groups in total. The van der Waals surface area contributed by atoms with E-state index in [-0.39, 0.29) is 103 Å². The fourth-order valence-corrected chi connectivity index (χ4v) is 14.0. The van der Waals surface area contributed by atoms with Gasteiger partial charge in [0.1, 0.15) is 47.3 Å². The number of thiazole rings is 1. The number of ether oxygens (including phenoxy) is 3. The number of rotatable bonds is 18. The molecule has 5 aliphatic rings. The first-order valence-corrected chi connectivity index (χ1v) is 29.5. The topological polar surface area (TPSA) is 188 Å². The zero-order chi connectivity index (χ0) is 57.6. The van der Waals surface area contributed by atoms with Crippen LogP contribution < -0.4 is 25.0 Å². The fraction of sp³-hybridized carbons (Fsp3) is 0.500. The molecule has 11 rings (SSSR count). The smallest absolute Gasteiger partial charge is 0.319 e. The van der Waals surface area contributed by atoms with Gasteiger partial charge in [0.2, 0.25) is 17.7 Å². The number of pyridine rings is 1. The number of piperazine rings is 1. The number of benzene rings is 3. The standard InChI is InChI=1S/C62H72F2N10O7S/c1-8-46-49(63)21-17-39-25-45(81-34-79-7)27-47(52(39)46)54-53(64)55-48(28-65-54)58(72-29-40-18-19-41(30-72)68-40)70-61(69-55)80-32-43-12-10-24-71(43)23-9-11-42-20-22-51(76)74(42)57(62(4,5)6)60(78)73-31-44(75)26-50(73)59(77)67-35(2)37-13-15-38(16-14-37)56-36(3)66-33-82-56/h1,13-17,21,25,27-28,33,35,40-44,50,57,68,75H,9-12,18-20,22-24,26,29-32,34H2,2-7H3,(H,67,77)/t35-,40?,41?,42?,43-,44+,50-,57+/m0/s1. The number of hydrogen-bond acceptors (Lipinski definition) is 15. The zero-order valence-electron chi connectivity index (χ0n) is 47.4. The lowest BCUT2D eigenvalue weighted by Gasteiger charge is -2.43. The summed E-state index contributed by atoms with van der Waals surface area (Å²) >= 11 is 1.58. The van der Waals surface area contributed by atoms with Crippen LogP contribution in [0.1, 0.15) is 108 Å². The minimum Gasteiger partial charge on any atom is -0.468 e. The van der Waals surface area contributed by atoms with E-state index in [0.29, 0.717) is 66.6 Å². The predicted molar refractivity (Wildman–Crippen MR) is 310 cm³/mol. The zero-order valence-corrected chi connectivity index (χ0v) is 48.2. The minimum absolute atomic E-state index is 0.000995. The Balaban J connectivity index is 0.785. The van der Waals surface area contributed by atoms with Crippen molar-refractivity contribution in [1.29, 1.82) is 0 Å². The molecule has 0 radical (unpaired) electrons. The first-order chi connectivity index (χ1) is 39.5. The lowest BCUT2D eigenvalue weighted by atomic mass is 9.83. The van der Waals surface area contributed by atoms with Crippen LogP contribution in [-0.4, -0.2) is 153 Å². The van der Waals surface area contributed by atoms with Gasteiger partial charge in [0.15, 0.2) is 12.6 Å². The third kappa shape index (κ3) is 11.5. The first kappa shape index (κ1) is 56.9. The van der Waals surface area contributed by atoms with E-state index in [1.54, 1.807) is 40.6 Å². The Morgan fingerprint density at radius 2 is 1.78 bits per heavy atom. The number of carbonyl (C=O) groups excluding carboxylic acids is 3. The number of aromatic nitrogens is 4. The van der Waals surface area contributed by atoms with Crippen molar-refractivity contribution in [2.45, 2.75) is 141 Å². The number of anilines is 1. The molecule has 6 aromatic rings. The van der Waals surface area contributed by atoms with Crippen molar-refractivity contribution >= 4 is 56.6 Å². The summed E-state index contributed by atoms with van der Waals surface area (Å²) in [7, 11) is 1.49. The number of terminal acetylenes is 1. The van der Waals surface area contributed by atoms with E-state index in [4.69, 9.17) is 30.6 Å². The van der Waals surface area contributed by atoms with Crippen molar-refractivity contribution in [3.63, 3.8) is 0 Å². The summed E-state index contributed by atoms with van der Waals surface area (Å²) in [6.45, 7) is 12.8. The van der Waals surface area contributed by atoms with Gasteiger partial charge >= 0.3 is 6.01 Å².